The average Bonchev–Trinajstić information content (AvgIpc) is 3.15. The van der Waals surface area contributed by atoms with Crippen LogP contribution in [0.3, 0.4) is 0 Å². The van der Waals surface area contributed by atoms with Crippen molar-refractivity contribution in [2.45, 2.75) is 39.0 Å². The molecule has 2 unspecified atom stereocenters. The van der Waals surface area contributed by atoms with Gasteiger partial charge in [0.15, 0.2) is 5.75 Å². The number of amides is 1. The highest BCUT2D eigenvalue weighted by Crippen LogP contribution is 2.21. The largest absolute Gasteiger partial charge is 0.504 e. The smallest absolute Gasteiger partial charge is 0.253 e. The summed E-state index contributed by atoms with van der Waals surface area (Å²) < 4.78 is 0. The number of rotatable bonds is 10. The summed E-state index contributed by atoms with van der Waals surface area (Å²) >= 11 is 5.84. The fourth-order valence-corrected chi connectivity index (χ4v) is 3.67. The van der Waals surface area contributed by atoms with E-state index in [0.29, 0.717) is 34.2 Å². The number of halogens is 1. The maximum Gasteiger partial charge on any atom is 0.253 e. The Morgan fingerprint density at radius 3 is 2.59 bits per heavy atom. The molecule has 0 spiro atoms. The van der Waals surface area contributed by atoms with Crippen LogP contribution in [0.2, 0.25) is 5.15 Å². The van der Waals surface area contributed by atoms with Crippen LogP contribution < -0.4 is 5.32 Å². The highest BCUT2D eigenvalue weighted by molar-refractivity contribution is 6.29. The molecule has 2 atom stereocenters. The number of aromatic hydroxyl groups is 1. The van der Waals surface area contributed by atoms with Gasteiger partial charge in [-0.05, 0) is 50.6 Å². The van der Waals surface area contributed by atoms with Gasteiger partial charge in [0.1, 0.15) is 10.8 Å². The minimum absolute atomic E-state index is 0.0798. The number of aliphatic hydroxyl groups excluding tert-OH is 1. The van der Waals surface area contributed by atoms with Crippen molar-refractivity contribution >= 4 is 17.5 Å². The van der Waals surface area contributed by atoms with Gasteiger partial charge in [-0.1, -0.05) is 42.0 Å². The van der Waals surface area contributed by atoms with Crippen molar-refractivity contribution in [1.29, 1.82) is 0 Å². The summed E-state index contributed by atoms with van der Waals surface area (Å²) in [5.74, 6) is -0.0752. The van der Waals surface area contributed by atoms with Crippen molar-refractivity contribution in [1.82, 2.24) is 25.4 Å². The SMILES string of the molecule is CC=CC(NCCc1ccc(C(=O)N(C)Cc2n[nH]c(C)c2O)cc1)C(O)c1ccc(Cl)nc1. The van der Waals surface area contributed by atoms with Crippen molar-refractivity contribution < 1.29 is 15.0 Å². The minimum Gasteiger partial charge on any atom is -0.504 e. The Kier molecular flexibility index (Phi) is 8.81. The molecule has 9 heteroatoms. The van der Waals surface area contributed by atoms with Gasteiger partial charge in [-0.3, -0.25) is 9.89 Å². The molecule has 0 aliphatic rings. The van der Waals surface area contributed by atoms with Crippen molar-refractivity contribution in [3.05, 3.63) is 88.0 Å². The Morgan fingerprint density at radius 2 is 2.00 bits per heavy atom. The second kappa shape index (κ2) is 11.8. The number of carbonyl (C=O) groups is 1. The highest BCUT2D eigenvalue weighted by atomic mass is 35.5. The zero-order valence-electron chi connectivity index (χ0n) is 19.5. The molecule has 1 amide bonds. The fourth-order valence-electron chi connectivity index (χ4n) is 3.56. The van der Waals surface area contributed by atoms with E-state index in [9.17, 15) is 15.0 Å². The van der Waals surface area contributed by atoms with E-state index in [2.05, 4.69) is 20.5 Å². The van der Waals surface area contributed by atoms with Gasteiger partial charge in [-0.25, -0.2) is 4.98 Å². The topological polar surface area (TPSA) is 114 Å². The molecular weight excluding hydrogens is 454 g/mol. The molecule has 1 aromatic carbocycles. The molecule has 3 rings (SSSR count). The third kappa shape index (κ3) is 6.44. The normalized spacial score (nSPS) is 13.2. The van der Waals surface area contributed by atoms with Gasteiger partial charge in [-0.15, -0.1) is 0 Å². The average molecular weight is 484 g/mol. The molecule has 0 bridgehead atoms. The molecule has 34 heavy (non-hydrogen) atoms. The summed E-state index contributed by atoms with van der Waals surface area (Å²) in [7, 11) is 1.67. The number of hydrogen-bond acceptors (Lipinski definition) is 6. The lowest BCUT2D eigenvalue weighted by Crippen LogP contribution is -2.34. The van der Waals surface area contributed by atoms with Crippen LogP contribution in [-0.4, -0.2) is 55.8 Å². The van der Waals surface area contributed by atoms with E-state index in [1.54, 1.807) is 44.4 Å². The van der Waals surface area contributed by atoms with Crippen molar-refractivity contribution in [3.8, 4) is 5.75 Å². The number of aryl methyl sites for hydroxylation is 1. The summed E-state index contributed by atoms with van der Waals surface area (Å²) in [4.78, 5) is 18.3. The number of nitrogens with one attached hydrogen (secondary N) is 2. The van der Waals surface area contributed by atoms with Crippen molar-refractivity contribution in [2.75, 3.05) is 13.6 Å². The first-order chi connectivity index (χ1) is 16.3. The number of nitrogens with zero attached hydrogens (tertiary/aromatic N) is 3. The van der Waals surface area contributed by atoms with Crippen LogP contribution in [0.1, 0.15) is 45.9 Å². The molecule has 4 N–H and O–H groups in total. The number of pyridine rings is 1. The van der Waals surface area contributed by atoms with Crippen LogP contribution in [0.5, 0.6) is 5.75 Å². The number of H-pyrrole nitrogens is 1. The number of aromatic nitrogens is 3. The lowest BCUT2D eigenvalue weighted by atomic mass is 10.0. The third-order valence-electron chi connectivity index (χ3n) is 5.55. The number of aromatic amines is 1. The Bertz CT molecular complexity index is 1110. The quantitative estimate of drug-likeness (QED) is 0.259. The second-order valence-corrected chi connectivity index (χ2v) is 8.50. The maximum atomic E-state index is 12.7. The summed E-state index contributed by atoms with van der Waals surface area (Å²) in [6.45, 7) is 4.47. The van der Waals surface area contributed by atoms with E-state index in [4.69, 9.17) is 11.6 Å². The van der Waals surface area contributed by atoms with Crippen LogP contribution >= 0.6 is 11.6 Å². The molecule has 3 aromatic rings. The summed E-state index contributed by atoms with van der Waals surface area (Å²) in [5, 5.41) is 31.2. The standard InChI is InChI=1S/C25H30ClN5O3/c1-4-5-20(24(33)19-10-11-22(26)28-14-19)27-13-12-17-6-8-18(9-7-17)25(34)31(3)15-21-23(32)16(2)29-30-21/h4-11,14,20,24,27,32-33H,12-13,15H2,1-3H3,(H,29,30). The van der Waals surface area contributed by atoms with E-state index in [-0.39, 0.29) is 24.2 Å². The predicted molar refractivity (Wildman–Crippen MR) is 132 cm³/mol. The van der Waals surface area contributed by atoms with E-state index in [1.807, 2.05) is 31.2 Å². The Morgan fingerprint density at radius 1 is 1.26 bits per heavy atom. The number of allylic oxidation sites excluding steroid dienone is 1. The molecule has 180 valence electrons. The van der Waals surface area contributed by atoms with Gasteiger partial charge in [-0.2, -0.15) is 5.10 Å². The number of aliphatic hydroxyl groups is 1. The second-order valence-electron chi connectivity index (χ2n) is 8.12. The van der Waals surface area contributed by atoms with Gasteiger partial charge < -0.3 is 20.4 Å². The van der Waals surface area contributed by atoms with Gasteiger partial charge >= 0.3 is 0 Å². The number of carbonyl (C=O) groups excluding carboxylic acids is 1. The van der Waals surface area contributed by atoms with E-state index in [1.165, 1.54) is 4.90 Å². The summed E-state index contributed by atoms with van der Waals surface area (Å²) in [6, 6.07) is 10.6. The summed E-state index contributed by atoms with van der Waals surface area (Å²) in [5.41, 5.74) is 3.31. The van der Waals surface area contributed by atoms with Gasteiger partial charge in [0.05, 0.1) is 24.4 Å². The van der Waals surface area contributed by atoms with Crippen molar-refractivity contribution in [3.63, 3.8) is 0 Å². The first-order valence-corrected chi connectivity index (χ1v) is 11.4. The van der Waals surface area contributed by atoms with Crippen LogP contribution in [0.4, 0.5) is 0 Å². The molecule has 0 fully saturated rings. The van der Waals surface area contributed by atoms with E-state index in [0.717, 1.165) is 12.0 Å². The highest BCUT2D eigenvalue weighted by Gasteiger charge is 2.19. The molecule has 0 saturated carbocycles. The summed E-state index contributed by atoms with van der Waals surface area (Å²) in [6.07, 6.45) is 5.35. The van der Waals surface area contributed by atoms with Gasteiger partial charge in [0, 0.05) is 24.4 Å². The molecule has 0 saturated heterocycles. The monoisotopic (exact) mass is 483 g/mol. The fraction of sp³-hybridized carbons (Fsp3) is 0.320. The third-order valence-corrected chi connectivity index (χ3v) is 5.77. The molecule has 0 aliphatic carbocycles. The van der Waals surface area contributed by atoms with Crippen LogP contribution in [0, 0.1) is 6.92 Å². The Labute approximate surface area is 204 Å². The van der Waals surface area contributed by atoms with Crippen LogP contribution in [0.15, 0.2) is 54.7 Å². The lowest BCUT2D eigenvalue weighted by Gasteiger charge is -2.21. The van der Waals surface area contributed by atoms with Crippen molar-refractivity contribution in [2.24, 2.45) is 0 Å². The molecule has 2 aromatic heterocycles. The number of hydrogen-bond donors (Lipinski definition) is 4. The molecule has 2 heterocycles. The predicted octanol–water partition coefficient (Wildman–Crippen LogP) is 3.55. The van der Waals surface area contributed by atoms with Crippen LogP contribution in [-0.2, 0) is 13.0 Å². The maximum absolute atomic E-state index is 12.7. The lowest BCUT2D eigenvalue weighted by molar-refractivity contribution is 0.0782. The Hall–Kier alpha value is -3.20. The van der Waals surface area contributed by atoms with E-state index < -0.39 is 6.10 Å². The first kappa shape index (κ1) is 25.4. The molecule has 0 radical (unpaired) electrons. The first-order valence-electron chi connectivity index (χ1n) is 11.0. The zero-order valence-corrected chi connectivity index (χ0v) is 20.3. The van der Waals surface area contributed by atoms with Gasteiger partial charge in [0.25, 0.3) is 5.91 Å². The molecule has 0 aliphatic heterocycles. The Balaban J connectivity index is 1.54. The zero-order chi connectivity index (χ0) is 24.7. The molecular formula is C25H30ClN5O3. The van der Waals surface area contributed by atoms with Crippen LogP contribution in [0.25, 0.3) is 0 Å². The molecule has 8 nitrogen and oxygen atoms in total. The van der Waals surface area contributed by atoms with E-state index >= 15 is 0 Å². The minimum atomic E-state index is -0.755. The van der Waals surface area contributed by atoms with Gasteiger partial charge in [0.2, 0.25) is 0 Å². The number of benzene rings is 1.